The highest BCUT2D eigenvalue weighted by Gasteiger charge is 2.23. The largest absolute Gasteiger partial charge is 0.381 e. The molecule has 1 heterocycles. The molecule has 1 atom stereocenters. The number of benzene rings is 1. The number of hydrogen-bond acceptors (Lipinski definition) is 2. The number of carbonyl (C=O) groups excluding carboxylic acids is 1. The van der Waals surface area contributed by atoms with Crippen LogP contribution in [0.4, 0.5) is 5.69 Å². The number of halogens is 2. The van der Waals surface area contributed by atoms with Gasteiger partial charge in [-0.1, -0.05) is 11.6 Å². The molecule has 0 spiro atoms. The highest BCUT2D eigenvalue weighted by Crippen LogP contribution is 2.26. The van der Waals surface area contributed by atoms with E-state index >= 15 is 0 Å². The van der Waals surface area contributed by atoms with Crippen molar-refractivity contribution in [2.45, 2.75) is 6.42 Å². The summed E-state index contributed by atoms with van der Waals surface area (Å²) in [7, 11) is 0. The zero-order chi connectivity index (χ0) is 11.5. The van der Waals surface area contributed by atoms with Crippen LogP contribution in [-0.2, 0) is 9.53 Å². The van der Waals surface area contributed by atoms with Gasteiger partial charge in [0.25, 0.3) is 0 Å². The maximum atomic E-state index is 11.8. The van der Waals surface area contributed by atoms with Crippen LogP contribution in [0.25, 0.3) is 0 Å². The second kappa shape index (κ2) is 5.17. The van der Waals surface area contributed by atoms with Gasteiger partial charge in [0.1, 0.15) is 0 Å². The van der Waals surface area contributed by atoms with Crippen LogP contribution in [0.5, 0.6) is 0 Å². The molecule has 2 rings (SSSR count). The van der Waals surface area contributed by atoms with Crippen LogP contribution in [0.2, 0.25) is 5.02 Å². The lowest BCUT2D eigenvalue weighted by Gasteiger charge is -2.10. The minimum Gasteiger partial charge on any atom is -0.381 e. The predicted molar refractivity (Wildman–Crippen MR) is 66.7 cm³/mol. The summed E-state index contributed by atoms with van der Waals surface area (Å²) in [5.41, 5.74) is 0.737. The molecule has 0 aliphatic carbocycles. The van der Waals surface area contributed by atoms with E-state index in [1.807, 2.05) is 0 Å². The molecule has 1 fully saturated rings. The Hall–Kier alpha value is -0.580. The highest BCUT2D eigenvalue weighted by atomic mass is 79.9. The number of nitrogens with one attached hydrogen (secondary N) is 1. The molecular formula is C11H11BrClNO2. The zero-order valence-corrected chi connectivity index (χ0v) is 10.8. The number of rotatable bonds is 2. The molecule has 86 valence electrons. The van der Waals surface area contributed by atoms with Crippen molar-refractivity contribution in [3.8, 4) is 0 Å². The molecule has 3 nitrogen and oxygen atoms in total. The van der Waals surface area contributed by atoms with Crippen LogP contribution < -0.4 is 5.32 Å². The first kappa shape index (κ1) is 11.9. The fraction of sp³-hybridized carbons (Fsp3) is 0.364. The first-order valence-corrected chi connectivity index (χ1v) is 6.17. The van der Waals surface area contributed by atoms with Gasteiger partial charge in [0, 0.05) is 16.1 Å². The Labute approximate surface area is 107 Å². The number of anilines is 1. The van der Waals surface area contributed by atoms with E-state index in [9.17, 15) is 4.79 Å². The minimum absolute atomic E-state index is 0.000484. The Morgan fingerprint density at radius 3 is 3.00 bits per heavy atom. The van der Waals surface area contributed by atoms with Crippen molar-refractivity contribution in [2.24, 2.45) is 5.92 Å². The van der Waals surface area contributed by atoms with Gasteiger partial charge >= 0.3 is 0 Å². The third kappa shape index (κ3) is 2.75. The molecule has 0 radical (unpaired) electrons. The molecule has 0 aromatic heterocycles. The van der Waals surface area contributed by atoms with Crippen molar-refractivity contribution in [3.05, 3.63) is 27.7 Å². The Kier molecular flexibility index (Phi) is 3.84. The quantitative estimate of drug-likeness (QED) is 0.912. The summed E-state index contributed by atoms with van der Waals surface area (Å²) < 4.78 is 5.96. The first-order chi connectivity index (χ1) is 7.66. The van der Waals surface area contributed by atoms with Gasteiger partial charge in [0.2, 0.25) is 5.91 Å². The van der Waals surface area contributed by atoms with Gasteiger partial charge in [0.15, 0.2) is 0 Å². The van der Waals surface area contributed by atoms with E-state index in [0.29, 0.717) is 18.2 Å². The van der Waals surface area contributed by atoms with Gasteiger partial charge in [-0.3, -0.25) is 4.79 Å². The molecule has 1 N–H and O–H groups in total. The summed E-state index contributed by atoms with van der Waals surface area (Å²) in [6.45, 7) is 1.18. The Morgan fingerprint density at radius 1 is 1.56 bits per heavy atom. The fourth-order valence-corrected chi connectivity index (χ4v) is 2.35. The fourth-order valence-electron chi connectivity index (χ4n) is 1.57. The van der Waals surface area contributed by atoms with E-state index in [1.54, 1.807) is 18.2 Å². The number of ether oxygens (including phenoxy) is 1. The van der Waals surface area contributed by atoms with E-state index in [1.165, 1.54) is 0 Å². The smallest absolute Gasteiger partial charge is 0.229 e. The van der Waals surface area contributed by atoms with Crippen LogP contribution in [0.1, 0.15) is 6.42 Å². The molecule has 5 heteroatoms. The van der Waals surface area contributed by atoms with Gasteiger partial charge in [-0.15, -0.1) is 0 Å². The van der Waals surface area contributed by atoms with Gasteiger partial charge < -0.3 is 10.1 Å². The number of carbonyl (C=O) groups is 1. The molecule has 16 heavy (non-hydrogen) atoms. The van der Waals surface area contributed by atoms with Gasteiger partial charge in [-0.25, -0.2) is 0 Å². The van der Waals surface area contributed by atoms with Crippen molar-refractivity contribution in [2.75, 3.05) is 18.5 Å². The standard InChI is InChI=1S/C11H11BrClNO2/c12-9-5-8(13)1-2-10(9)14-11(15)7-3-4-16-6-7/h1-2,5,7H,3-4,6H2,(H,14,15)/t7-/m1/s1. The summed E-state index contributed by atoms with van der Waals surface area (Å²) in [5, 5.41) is 3.49. The van der Waals surface area contributed by atoms with Crippen molar-refractivity contribution >= 4 is 39.1 Å². The summed E-state index contributed by atoms with van der Waals surface area (Å²) in [5.74, 6) is -0.0388. The summed E-state index contributed by atoms with van der Waals surface area (Å²) in [6, 6.07) is 5.27. The molecule has 1 aliphatic rings. The number of amides is 1. The lowest BCUT2D eigenvalue weighted by atomic mass is 10.1. The van der Waals surface area contributed by atoms with Crippen molar-refractivity contribution in [1.82, 2.24) is 0 Å². The SMILES string of the molecule is O=C(Nc1ccc(Cl)cc1Br)[C@@H]1CCOC1. The zero-order valence-electron chi connectivity index (χ0n) is 8.50. The Bertz CT molecular complexity index is 405. The first-order valence-electron chi connectivity index (χ1n) is 5.00. The van der Waals surface area contributed by atoms with Crippen molar-refractivity contribution < 1.29 is 9.53 Å². The third-order valence-electron chi connectivity index (χ3n) is 2.49. The van der Waals surface area contributed by atoms with E-state index in [2.05, 4.69) is 21.2 Å². The van der Waals surface area contributed by atoms with Crippen LogP contribution in [-0.4, -0.2) is 19.1 Å². The van der Waals surface area contributed by atoms with Gasteiger partial charge in [0.05, 0.1) is 18.2 Å². The van der Waals surface area contributed by atoms with Gasteiger partial charge in [-0.2, -0.15) is 0 Å². The molecule has 0 unspecified atom stereocenters. The summed E-state index contributed by atoms with van der Waals surface area (Å²) >= 11 is 9.17. The average molecular weight is 305 g/mol. The summed E-state index contributed by atoms with van der Waals surface area (Å²) in [4.78, 5) is 11.8. The molecule has 1 aliphatic heterocycles. The number of hydrogen-bond donors (Lipinski definition) is 1. The maximum Gasteiger partial charge on any atom is 0.229 e. The Morgan fingerprint density at radius 2 is 2.38 bits per heavy atom. The second-order valence-electron chi connectivity index (χ2n) is 3.67. The Balaban J connectivity index is 2.05. The van der Waals surface area contributed by atoms with Gasteiger partial charge in [-0.05, 0) is 40.5 Å². The monoisotopic (exact) mass is 303 g/mol. The van der Waals surface area contributed by atoms with Crippen LogP contribution >= 0.6 is 27.5 Å². The van der Waals surface area contributed by atoms with E-state index in [-0.39, 0.29) is 11.8 Å². The minimum atomic E-state index is -0.0393. The molecule has 1 amide bonds. The molecular weight excluding hydrogens is 293 g/mol. The highest BCUT2D eigenvalue weighted by molar-refractivity contribution is 9.10. The van der Waals surface area contributed by atoms with Crippen molar-refractivity contribution in [3.63, 3.8) is 0 Å². The average Bonchev–Trinajstić information content (AvgIpc) is 2.75. The molecule has 0 saturated carbocycles. The third-order valence-corrected chi connectivity index (χ3v) is 3.38. The van der Waals surface area contributed by atoms with Crippen molar-refractivity contribution in [1.29, 1.82) is 0 Å². The molecule has 1 aromatic rings. The lowest BCUT2D eigenvalue weighted by Crippen LogP contribution is -2.22. The topological polar surface area (TPSA) is 38.3 Å². The molecule has 1 saturated heterocycles. The predicted octanol–water partition coefficient (Wildman–Crippen LogP) is 3.08. The van der Waals surface area contributed by atoms with Crippen LogP contribution in [0.15, 0.2) is 22.7 Å². The van der Waals surface area contributed by atoms with E-state index in [0.717, 1.165) is 16.6 Å². The molecule has 0 bridgehead atoms. The normalized spacial score (nSPS) is 19.8. The van der Waals surface area contributed by atoms with Crippen LogP contribution in [0.3, 0.4) is 0 Å². The second-order valence-corrected chi connectivity index (χ2v) is 4.96. The lowest BCUT2D eigenvalue weighted by molar-refractivity contribution is -0.119. The van der Waals surface area contributed by atoms with Crippen LogP contribution in [0, 0.1) is 5.92 Å². The summed E-state index contributed by atoms with van der Waals surface area (Å²) in [6.07, 6.45) is 0.789. The maximum absolute atomic E-state index is 11.8. The van der Waals surface area contributed by atoms with E-state index < -0.39 is 0 Å². The van der Waals surface area contributed by atoms with E-state index in [4.69, 9.17) is 16.3 Å². The molecule has 1 aromatic carbocycles.